The van der Waals surface area contributed by atoms with E-state index in [4.69, 9.17) is 4.74 Å². The summed E-state index contributed by atoms with van der Waals surface area (Å²) in [7, 11) is -5.33. The Morgan fingerprint density at radius 3 is 2.34 bits per heavy atom. The summed E-state index contributed by atoms with van der Waals surface area (Å²) >= 11 is 0. The van der Waals surface area contributed by atoms with Crippen LogP contribution in [0.1, 0.15) is 5.56 Å². The summed E-state index contributed by atoms with van der Waals surface area (Å²) in [6.07, 6.45) is 0.00560. The van der Waals surface area contributed by atoms with Crippen molar-refractivity contribution in [3.8, 4) is 0 Å². The minimum absolute atomic E-state index is 0.00560. The number of nitrogens with zero attached hydrogens (tertiary/aromatic N) is 2. The normalized spacial score (nSPS) is 23.2. The number of halogens is 3. The molecule has 0 aliphatic carbocycles. The molecule has 2 aromatic rings. The summed E-state index contributed by atoms with van der Waals surface area (Å²) in [6, 6.07) is 15.2. The molecule has 0 aromatic heterocycles. The lowest BCUT2D eigenvalue weighted by Crippen LogP contribution is -2.50. The molecule has 2 aliphatic rings. The molecule has 0 saturated carbocycles. The molecular weight excluding hydrogens is 405 g/mol. The molecule has 156 valence electrons. The van der Waals surface area contributed by atoms with Crippen LogP contribution in [0.3, 0.4) is 0 Å². The molecule has 5 nitrogen and oxygen atoms in total. The van der Waals surface area contributed by atoms with Gasteiger partial charge in [-0.2, -0.15) is 13.2 Å². The SMILES string of the molecule is O=S(=O)(c1ccc(N2CC3OCCN(Cc4ccccc4)C3C2)cc1)C(F)(F)F. The van der Waals surface area contributed by atoms with Crippen molar-refractivity contribution in [3.05, 3.63) is 60.2 Å². The number of alkyl halides is 3. The van der Waals surface area contributed by atoms with Crippen LogP contribution in [0.5, 0.6) is 0 Å². The van der Waals surface area contributed by atoms with Gasteiger partial charge in [-0.05, 0) is 29.8 Å². The number of sulfone groups is 1. The number of rotatable bonds is 4. The summed E-state index contributed by atoms with van der Waals surface area (Å²) in [5.74, 6) is 0. The molecule has 0 amide bonds. The summed E-state index contributed by atoms with van der Waals surface area (Å²) in [6.45, 7) is 3.53. The third-order valence-corrected chi connectivity index (χ3v) is 6.96. The van der Waals surface area contributed by atoms with Crippen LogP contribution in [0.15, 0.2) is 59.5 Å². The minimum atomic E-state index is -5.33. The molecule has 0 bridgehead atoms. The largest absolute Gasteiger partial charge is 0.501 e. The van der Waals surface area contributed by atoms with Gasteiger partial charge in [0.05, 0.1) is 23.6 Å². The first-order chi connectivity index (χ1) is 13.8. The van der Waals surface area contributed by atoms with E-state index in [2.05, 4.69) is 17.0 Å². The van der Waals surface area contributed by atoms with Crippen molar-refractivity contribution in [1.82, 2.24) is 4.90 Å². The van der Waals surface area contributed by atoms with Crippen molar-refractivity contribution in [2.24, 2.45) is 0 Å². The lowest BCUT2D eigenvalue weighted by Gasteiger charge is -2.36. The van der Waals surface area contributed by atoms with Gasteiger partial charge >= 0.3 is 5.51 Å². The molecule has 0 spiro atoms. The molecule has 2 atom stereocenters. The van der Waals surface area contributed by atoms with Gasteiger partial charge in [-0.15, -0.1) is 0 Å². The topological polar surface area (TPSA) is 49.9 Å². The van der Waals surface area contributed by atoms with E-state index < -0.39 is 20.2 Å². The highest BCUT2D eigenvalue weighted by molar-refractivity contribution is 7.92. The monoisotopic (exact) mass is 426 g/mol. The van der Waals surface area contributed by atoms with Gasteiger partial charge in [-0.1, -0.05) is 30.3 Å². The predicted octanol–water partition coefficient (Wildman–Crippen LogP) is 3.07. The van der Waals surface area contributed by atoms with E-state index in [0.29, 0.717) is 25.4 Å². The number of hydrogen-bond acceptors (Lipinski definition) is 5. The molecule has 0 radical (unpaired) electrons. The molecule has 0 N–H and O–H groups in total. The van der Waals surface area contributed by atoms with Crippen molar-refractivity contribution >= 4 is 15.5 Å². The lowest BCUT2D eigenvalue weighted by molar-refractivity contribution is -0.0499. The standard InChI is InChI=1S/C20H21F3N2O3S/c21-20(22,23)29(26,27)17-8-6-16(7-9-17)25-13-18-19(14-25)28-11-10-24(18)12-15-4-2-1-3-5-15/h1-9,18-19H,10-14H2. The number of benzene rings is 2. The van der Waals surface area contributed by atoms with Gasteiger partial charge in [0, 0.05) is 31.9 Å². The summed E-state index contributed by atoms with van der Waals surface area (Å²) in [5, 5.41) is 0. The molecule has 2 aliphatic heterocycles. The summed E-state index contributed by atoms with van der Waals surface area (Å²) < 4.78 is 67.2. The first-order valence-corrected chi connectivity index (χ1v) is 10.8. The fraction of sp³-hybridized carbons (Fsp3) is 0.400. The zero-order chi connectivity index (χ0) is 20.6. The average molecular weight is 426 g/mol. The van der Waals surface area contributed by atoms with Crippen molar-refractivity contribution in [3.63, 3.8) is 0 Å². The zero-order valence-electron chi connectivity index (χ0n) is 15.5. The highest BCUT2D eigenvalue weighted by Gasteiger charge is 2.47. The summed E-state index contributed by atoms with van der Waals surface area (Å²) in [4.78, 5) is 3.65. The van der Waals surface area contributed by atoms with Gasteiger partial charge in [-0.3, -0.25) is 4.90 Å². The van der Waals surface area contributed by atoms with Crippen molar-refractivity contribution in [2.75, 3.05) is 31.1 Å². The van der Waals surface area contributed by atoms with Crippen LogP contribution in [0, 0.1) is 0 Å². The van der Waals surface area contributed by atoms with E-state index in [1.54, 1.807) is 0 Å². The van der Waals surface area contributed by atoms with Gasteiger partial charge in [-0.25, -0.2) is 8.42 Å². The Bertz CT molecular complexity index is 949. The first-order valence-electron chi connectivity index (χ1n) is 9.32. The third-order valence-electron chi connectivity index (χ3n) is 5.46. The number of anilines is 1. The third kappa shape index (κ3) is 3.99. The lowest BCUT2D eigenvalue weighted by atomic mass is 10.1. The van der Waals surface area contributed by atoms with Crippen LogP contribution in [0.2, 0.25) is 0 Å². The van der Waals surface area contributed by atoms with Crippen molar-refractivity contribution in [2.45, 2.75) is 29.1 Å². The predicted molar refractivity (Wildman–Crippen MR) is 102 cm³/mol. The van der Waals surface area contributed by atoms with Crippen molar-refractivity contribution < 1.29 is 26.3 Å². The van der Waals surface area contributed by atoms with Gasteiger partial charge < -0.3 is 9.64 Å². The molecular formula is C20H21F3N2O3S. The van der Waals surface area contributed by atoms with Gasteiger partial charge in [0.25, 0.3) is 9.84 Å². The zero-order valence-corrected chi connectivity index (χ0v) is 16.4. The summed E-state index contributed by atoms with van der Waals surface area (Å²) in [5.41, 5.74) is -3.40. The van der Waals surface area contributed by atoms with Crippen LogP contribution in [-0.4, -0.2) is 57.2 Å². The Kier molecular flexibility index (Phi) is 5.30. The Hall–Kier alpha value is -2.10. The number of fused-ring (bicyclic) bond motifs is 1. The maximum Gasteiger partial charge on any atom is 0.501 e. The van der Waals surface area contributed by atoms with Gasteiger partial charge in [0.2, 0.25) is 0 Å². The molecule has 9 heteroatoms. The van der Waals surface area contributed by atoms with E-state index in [1.807, 2.05) is 23.1 Å². The van der Waals surface area contributed by atoms with E-state index in [0.717, 1.165) is 25.2 Å². The van der Waals surface area contributed by atoms with E-state index in [9.17, 15) is 21.6 Å². The number of morpholine rings is 1. The first kappa shape index (κ1) is 20.2. The number of hydrogen-bond donors (Lipinski definition) is 0. The molecule has 2 heterocycles. The molecule has 2 aromatic carbocycles. The van der Waals surface area contributed by atoms with Gasteiger partial charge in [0.1, 0.15) is 0 Å². The second kappa shape index (κ2) is 7.62. The number of ether oxygens (including phenoxy) is 1. The molecule has 2 fully saturated rings. The highest BCUT2D eigenvalue weighted by atomic mass is 32.2. The smallest absolute Gasteiger partial charge is 0.373 e. The Labute approximate surface area is 167 Å². The van der Waals surface area contributed by atoms with Crippen LogP contribution in [-0.2, 0) is 21.1 Å². The van der Waals surface area contributed by atoms with Crippen LogP contribution >= 0.6 is 0 Å². The van der Waals surface area contributed by atoms with Crippen LogP contribution in [0.4, 0.5) is 18.9 Å². The fourth-order valence-corrected chi connectivity index (χ4v) is 4.71. The Balaban J connectivity index is 1.49. The average Bonchev–Trinajstić information content (AvgIpc) is 3.13. The molecule has 29 heavy (non-hydrogen) atoms. The van der Waals surface area contributed by atoms with E-state index in [1.165, 1.54) is 17.7 Å². The fourth-order valence-electron chi connectivity index (χ4n) is 3.95. The van der Waals surface area contributed by atoms with Crippen molar-refractivity contribution in [1.29, 1.82) is 0 Å². The highest BCUT2D eigenvalue weighted by Crippen LogP contribution is 2.33. The van der Waals surface area contributed by atoms with E-state index in [-0.39, 0.29) is 12.1 Å². The van der Waals surface area contributed by atoms with E-state index >= 15 is 0 Å². The van der Waals surface area contributed by atoms with Gasteiger partial charge in [0.15, 0.2) is 0 Å². The second-order valence-electron chi connectivity index (χ2n) is 7.28. The Morgan fingerprint density at radius 2 is 1.69 bits per heavy atom. The van der Waals surface area contributed by atoms with Crippen LogP contribution in [0.25, 0.3) is 0 Å². The Morgan fingerprint density at radius 1 is 1.00 bits per heavy atom. The molecule has 2 saturated heterocycles. The quantitative estimate of drug-likeness (QED) is 0.752. The van der Waals surface area contributed by atoms with Crippen LogP contribution < -0.4 is 4.90 Å². The second-order valence-corrected chi connectivity index (χ2v) is 9.22. The molecule has 2 unspecified atom stereocenters. The molecule has 4 rings (SSSR count). The maximum absolute atomic E-state index is 12.7. The minimum Gasteiger partial charge on any atom is -0.373 e. The maximum atomic E-state index is 12.7.